The molecule has 0 saturated carbocycles. The first-order chi connectivity index (χ1) is 16.3. The van der Waals surface area contributed by atoms with Gasteiger partial charge in [0.25, 0.3) is 0 Å². The van der Waals surface area contributed by atoms with E-state index in [2.05, 4.69) is 26.1 Å². The Labute approximate surface area is 195 Å². The zero-order valence-corrected chi connectivity index (χ0v) is 19.4. The van der Waals surface area contributed by atoms with E-state index in [1.807, 2.05) is 0 Å². The predicted molar refractivity (Wildman–Crippen MR) is 114 cm³/mol. The second-order valence-electron chi connectivity index (χ2n) is 6.11. The van der Waals surface area contributed by atoms with Crippen LogP contribution in [0.4, 0.5) is 0 Å². The third-order valence-electron chi connectivity index (χ3n) is 4.22. The van der Waals surface area contributed by atoms with Crippen molar-refractivity contribution in [2.75, 3.05) is 42.7 Å². The van der Waals surface area contributed by atoms with Crippen LogP contribution >= 0.6 is 0 Å². The van der Waals surface area contributed by atoms with Crippen molar-refractivity contribution in [3.8, 4) is 34.5 Å². The van der Waals surface area contributed by atoms with Crippen molar-refractivity contribution in [2.24, 2.45) is 0 Å². The van der Waals surface area contributed by atoms with Crippen molar-refractivity contribution >= 4 is 11.9 Å². The Hall–Kier alpha value is -4.48. The van der Waals surface area contributed by atoms with E-state index in [0.717, 1.165) is 0 Å². The molecular formula is C22H24O12. The van der Waals surface area contributed by atoms with Crippen molar-refractivity contribution in [3.63, 3.8) is 0 Å². The van der Waals surface area contributed by atoms with Gasteiger partial charge in [0, 0.05) is 0 Å². The Bertz CT molecular complexity index is 915. The first-order valence-electron chi connectivity index (χ1n) is 9.40. The summed E-state index contributed by atoms with van der Waals surface area (Å²) in [4.78, 5) is 43.2. The molecule has 0 heterocycles. The SMILES string of the molecule is C=C(OOC(=O)c1cc(OC)c(OC)c(OC)c1)OOC(=O)c1cc(OC)c(OC)c(OC)c1. The van der Waals surface area contributed by atoms with E-state index in [9.17, 15) is 9.59 Å². The highest BCUT2D eigenvalue weighted by Crippen LogP contribution is 2.39. The van der Waals surface area contributed by atoms with E-state index in [4.69, 9.17) is 28.4 Å². The maximum Gasteiger partial charge on any atom is 0.386 e. The van der Waals surface area contributed by atoms with Crippen LogP contribution in [0.15, 0.2) is 36.8 Å². The third-order valence-corrected chi connectivity index (χ3v) is 4.22. The van der Waals surface area contributed by atoms with Crippen LogP contribution in [-0.4, -0.2) is 54.6 Å². The average molecular weight is 480 g/mol. The van der Waals surface area contributed by atoms with Crippen molar-refractivity contribution in [1.82, 2.24) is 0 Å². The van der Waals surface area contributed by atoms with Gasteiger partial charge in [-0.3, -0.25) is 0 Å². The molecule has 2 aromatic rings. The minimum absolute atomic E-state index is 0.0108. The summed E-state index contributed by atoms with van der Waals surface area (Å²) >= 11 is 0. The second kappa shape index (κ2) is 11.9. The monoisotopic (exact) mass is 480 g/mol. The van der Waals surface area contributed by atoms with Gasteiger partial charge in [0.15, 0.2) is 23.0 Å². The standard InChI is InChI=1S/C22H24O12/c1-12(31-33-21(23)13-8-15(25-2)19(29-6)16(9-13)26-3)32-34-22(24)14-10-17(27-4)20(30-7)18(11-14)28-5/h8-11H,1H2,2-7H3. The summed E-state index contributed by atoms with van der Waals surface area (Å²) in [7, 11) is 8.40. The first kappa shape index (κ1) is 25.8. The normalized spacial score (nSPS) is 9.82. The van der Waals surface area contributed by atoms with Gasteiger partial charge in [-0.15, -0.1) is 0 Å². The Morgan fingerprint density at radius 3 is 1.06 bits per heavy atom. The maximum atomic E-state index is 12.3. The van der Waals surface area contributed by atoms with Gasteiger partial charge in [-0.2, -0.15) is 0 Å². The van der Waals surface area contributed by atoms with Crippen LogP contribution in [0.2, 0.25) is 0 Å². The van der Waals surface area contributed by atoms with Gasteiger partial charge < -0.3 is 28.4 Å². The largest absolute Gasteiger partial charge is 0.493 e. The second-order valence-corrected chi connectivity index (χ2v) is 6.11. The number of methoxy groups -OCH3 is 6. The van der Waals surface area contributed by atoms with E-state index in [0.29, 0.717) is 0 Å². The number of ether oxygens (including phenoxy) is 6. The molecule has 0 radical (unpaired) electrons. The van der Waals surface area contributed by atoms with E-state index in [-0.39, 0.29) is 45.6 Å². The molecule has 0 saturated heterocycles. The van der Waals surface area contributed by atoms with Crippen molar-refractivity contribution in [1.29, 1.82) is 0 Å². The van der Waals surface area contributed by atoms with Crippen LogP contribution in [0.25, 0.3) is 0 Å². The summed E-state index contributed by atoms with van der Waals surface area (Å²) in [5, 5.41) is 0. The Balaban J connectivity index is 2.00. The Morgan fingerprint density at radius 1 is 0.529 bits per heavy atom. The summed E-state index contributed by atoms with van der Waals surface area (Å²) in [6, 6.07) is 5.39. The number of carbonyl (C=O) groups excluding carboxylic acids is 2. The van der Waals surface area contributed by atoms with E-state index in [1.165, 1.54) is 66.9 Å². The van der Waals surface area contributed by atoms with Crippen molar-refractivity contribution in [3.05, 3.63) is 47.9 Å². The van der Waals surface area contributed by atoms with Gasteiger partial charge in [-0.1, -0.05) is 0 Å². The lowest BCUT2D eigenvalue weighted by molar-refractivity contribution is -0.317. The van der Waals surface area contributed by atoms with Gasteiger partial charge in [0.05, 0.1) is 53.8 Å². The van der Waals surface area contributed by atoms with Gasteiger partial charge in [-0.05, 0) is 30.8 Å². The number of benzene rings is 2. The number of hydrogen-bond donors (Lipinski definition) is 0. The van der Waals surface area contributed by atoms with Crippen LogP contribution in [0, 0.1) is 0 Å². The maximum absolute atomic E-state index is 12.3. The van der Waals surface area contributed by atoms with Crippen molar-refractivity contribution < 1.29 is 57.6 Å². The molecule has 0 fully saturated rings. The lowest BCUT2D eigenvalue weighted by Crippen LogP contribution is -2.11. The fraction of sp³-hybridized carbons (Fsp3) is 0.273. The van der Waals surface area contributed by atoms with E-state index < -0.39 is 17.9 Å². The smallest absolute Gasteiger partial charge is 0.386 e. The molecular weight excluding hydrogens is 456 g/mol. The Morgan fingerprint density at radius 2 is 0.824 bits per heavy atom. The highest BCUT2D eigenvalue weighted by Gasteiger charge is 2.21. The van der Waals surface area contributed by atoms with Crippen LogP contribution < -0.4 is 28.4 Å². The summed E-state index contributed by atoms with van der Waals surface area (Å²) in [5.41, 5.74) is 0.0217. The summed E-state index contributed by atoms with van der Waals surface area (Å²) in [5.74, 6) is -1.05. The minimum atomic E-state index is -0.944. The molecule has 0 aromatic heterocycles. The third kappa shape index (κ3) is 5.85. The molecule has 12 heteroatoms. The molecule has 0 amide bonds. The minimum Gasteiger partial charge on any atom is -0.493 e. The van der Waals surface area contributed by atoms with Crippen molar-refractivity contribution in [2.45, 2.75) is 0 Å². The summed E-state index contributed by atoms with van der Waals surface area (Å²) in [6.07, 6.45) is 0. The van der Waals surface area contributed by atoms with E-state index >= 15 is 0 Å². The van der Waals surface area contributed by atoms with E-state index in [1.54, 1.807) is 0 Å². The zero-order valence-electron chi connectivity index (χ0n) is 19.4. The highest BCUT2D eigenvalue weighted by molar-refractivity contribution is 5.91. The lowest BCUT2D eigenvalue weighted by atomic mass is 10.2. The molecule has 2 rings (SSSR count). The number of carbonyl (C=O) groups is 2. The molecule has 0 aliphatic heterocycles. The highest BCUT2D eigenvalue weighted by atomic mass is 17.3. The topological polar surface area (TPSA) is 126 Å². The molecule has 0 aliphatic carbocycles. The summed E-state index contributed by atoms with van der Waals surface area (Å²) < 4.78 is 31.1. The lowest BCUT2D eigenvalue weighted by Gasteiger charge is -2.14. The summed E-state index contributed by atoms with van der Waals surface area (Å²) in [6.45, 7) is 3.34. The first-order valence-corrected chi connectivity index (χ1v) is 9.40. The van der Waals surface area contributed by atoms with Gasteiger partial charge in [0.1, 0.15) is 0 Å². The molecule has 12 nitrogen and oxygen atoms in total. The number of hydrogen-bond acceptors (Lipinski definition) is 12. The molecule has 0 atom stereocenters. The molecule has 0 aliphatic rings. The van der Waals surface area contributed by atoms with Crippen LogP contribution in [-0.2, 0) is 19.6 Å². The fourth-order valence-corrected chi connectivity index (χ4v) is 2.68. The number of rotatable bonds is 12. The zero-order chi connectivity index (χ0) is 25.3. The van der Waals surface area contributed by atoms with Crippen LogP contribution in [0.5, 0.6) is 34.5 Å². The quantitative estimate of drug-likeness (QED) is 0.252. The van der Waals surface area contributed by atoms with Crippen LogP contribution in [0.1, 0.15) is 20.7 Å². The fourth-order valence-electron chi connectivity index (χ4n) is 2.68. The van der Waals surface area contributed by atoms with Gasteiger partial charge in [-0.25, -0.2) is 29.1 Å². The molecule has 0 unspecified atom stereocenters. The predicted octanol–water partition coefficient (Wildman–Crippen LogP) is 3.09. The molecule has 0 bridgehead atoms. The molecule has 0 spiro atoms. The molecule has 0 N–H and O–H groups in total. The average Bonchev–Trinajstić information content (AvgIpc) is 2.87. The Kier molecular flexibility index (Phi) is 9.06. The molecule has 34 heavy (non-hydrogen) atoms. The molecule has 2 aromatic carbocycles. The van der Waals surface area contributed by atoms with Gasteiger partial charge in [0.2, 0.25) is 11.5 Å². The van der Waals surface area contributed by atoms with Gasteiger partial charge >= 0.3 is 17.9 Å². The molecule has 184 valence electrons. The van der Waals surface area contributed by atoms with Crippen LogP contribution in [0.3, 0.4) is 0 Å².